The number of rotatable bonds is 2. The second kappa shape index (κ2) is 4.83. The van der Waals surface area contributed by atoms with Crippen molar-refractivity contribution >= 4 is 10.0 Å². The summed E-state index contributed by atoms with van der Waals surface area (Å²) in [7, 11) is -3.56. The molecule has 5 nitrogen and oxygen atoms in total. The molecule has 1 spiro atoms. The number of hydrogen-bond donors (Lipinski definition) is 1. The molecule has 0 aliphatic carbocycles. The predicted molar refractivity (Wildman–Crippen MR) is 70.5 cm³/mol. The third kappa shape index (κ3) is 2.32. The normalized spacial score (nSPS) is 22.1. The minimum atomic E-state index is -3.56. The summed E-state index contributed by atoms with van der Waals surface area (Å²) in [6.45, 7) is 0.761. The van der Waals surface area contributed by atoms with Gasteiger partial charge in [0.05, 0.1) is 4.90 Å². The van der Waals surface area contributed by atoms with Gasteiger partial charge in [-0.2, -0.15) is 4.31 Å². The Kier molecular flexibility index (Phi) is 3.27. The van der Waals surface area contributed by atoms with E-state index in [1.54, 1.807) is 6.20 Å². The number of hydroxylamine groups is 1. The van der Waals surface area contributed by atoms with Crippen molar-refractivity contribution in [3.8, 4) is 0 Å². The van der Waals surface area contributed by atoms with E-state index in [0.717, 1.165) is 12.1 Å². The van der Waals surface area contributed by atoms with Crippen molar-refractivity contribution in [2.75, 3.05) is 13.1 Å². The lowest BCUT2D eigenvalue weighted by atomic mass is 9.93. The Hall–Kier alpha value is -1.44. The molecule has 7 heteroatoms. The molecule has 108 valence electrons. The fraction of sp³-hybridized carbons (Fsp3) is 0.385. The van der Waals surface area contributed by atoms with Gasteiger partial charge >= 0.3 is 0 Å². The van der Waals surface area contributed by atoms with Gasteiger partial charge in [0.25, 0.3) is 0 Å². The summed E-state index contributed by atoms with van der Waals surface area (Å²) < 4.78 is 39.2. The summed E-state index contributed by atoms with van der Waals surface area (Å²) in [4.78, 5) is 5.55. The van der Waals surface area contributed by atoms with Gasteiger partial charge in [0, 0.05) is 19.3 Å². The lowest BCUT2D eigenvalue weighted by Gasteiger charge is -2.35. The number of hydrogen-bond acceptors (Lipinski definition) is 4. The van der Waals surface area contributed by atoms with Gasteiger partial charge < -0.3 is 0 Å². The average Bonchev–Trinajstić information content (AvgIpc) is 2.88. The second-order valence-corrected chi connectivity index (χ2v) is 6.91. The van der Waals surface area contributed by atoms with Gasteiger partial charge in [0.1, 0.15) is 11.4 Å². The summed E-state index contributed by atoms with van der Waals surface area (Å²) in [5.74, 6) is -0.447. The van der Waals surface area contributed by atoms with Crippen LogP contribution in [0, 0.1) is 5.82 Å². The molecule has 0 radical (unpaired) electrons. The molecular formula is C13H15FN2O3S. The Morgan fingerprint density at radius 3 is 2.40 bits per heavy atom. The van der Waals surface area contributed by atoms with E-state index in [2.05, 4.69) is 5.48 Å². The van der Waals surface area contributed by atoms with Gasteiger partial charge in [-0.25, -0.2) is 12.8 Å². The number of piperidine rings is 1. The third-order valence-electron chi connectivity index (χ3n) is 3.74. The quantitative estimate of drug-likeness (QED) is 0.896. The number of benzene rings is 1. The van der Waals surface area contributed by atoms with Gasteiger partial charge in [-0.1, -0.05) is 0 Å². The van der Waals surface area contributed by atoms with Crippen LogP contribution in [0.1, 0.15) is 12.8 Å². The first kappa shape index (κ1) is 13.5. The number of nitrogens with zero attached hydrogens (tertiary/aromatic N) is 1. The maximum atomic E-state index is 12.9. The highest BCUT2D eigenvalue weighted by atomic mass is 32.2. The van der Waals surface area contributed by atoms with Crippen molar-refractivity contribution < 1.29 is 17.6 Å². The Morgan fingerprint density at radius 1 is 1.20 bits per heavy atom. The minimum Gasteiger partial charge on any atom is -0.274 e. The number of halogens is 1. The molecule has 0 aromatic heterocycles. The van der Waals surface area contributed by atoms with Crippen LogP contribution in [0.5, 0.6) is 0 Å². The molecule has 1 aromatic rings. The predicted octanol–water partition coefficient (Wildman–Crippen LogP) is 1.40. The average molecular weight is 298 g/mol. The van der Waals surface area contributed by atoms with Crippen LogP contribution in [0.15, 0.2) is 41.4 Å². The SMILES string of the molecule is O=S(=O)(c1ccc(F)cc1)N1CCC2(C=CNO2)CC1. The van der Waals surface area contributed by atoms with Crippen molar-refractivity contribution in [2.45, 2.75) is 23.3 Å². The van der Waals surface area contributed by atoms with Crippen LogP contribution in [0.3, 0.4) is 0 Å². The molecule has 0 saturated carbocycles. The van der Waals surface area contributed by atoms with Crippen molar-refractivity contribution in [1.29, 1.82) is 0 Å². The molecule has 2 heterocycles. The summed E-state index contributed by atoms with van der Waals surface area (Å²) in [6.07, 6.45) is 4.84. The molecule has 0 unspecified atom stereocenters. The summed E-state index contributed by atoms with van der Waals surface area (Å²) in [5.41, 5.74) is 2.29. The molecule has 2 aliphatic rings. The number of nitrogens with one attached hydrogen (secondary N) is 1. The van der Waals surface area contributed by atoms with Crippen molar-refractivity contribution in [3.05, 3.63) is 42.4 Å². The Balaban J connectivity index is 1.76. The van der Waals surface area contributed by atoms with E-state index >= 15 is 0 Å². The molecule has 1 N–H and O–H groups in total. The summed E-state index contributed by atoms with van der Waals surface area (Å²) in [5, 5.41) is 0. The van der Waals surface area contributed by atoms with Crippen LogP contribution in [0.2, 0.25) is 0 Å². The van der Waals surface area contributed by atoms with Crippen LogP contribution in [-0.4, -0.2) is 31.4 Å². The van der Waals surface area contributed by atoms with E-state index in [-0.39, 0.29) is 4.90 Å². The van der Waals surface area contributed by atoms with E-state index in [9.17, 15) is 12.8 Å². The molecule has 0 bridgehead atoms. The third-order valence-corrected chi connectivity index (χ3v) is 5.65. The number of sulfonamides is 1. The fourth-order valence-electron chi connectivity index (χ4n) is 2.50. The topological polar surface area (TPSA) is 58.6 Å². The molecule has 20 heavy (non-hydrogen) atoms. The Bertz CT molecular complexity index is 620. The van der Waals surface area contributed by atoms with Crippen molar-refractivity contribution in [3.63, 3.8) is 0 Å². The van der Waals surface area contributed by atoms with Crippen molar-refractivity contribution in [1.82, 2.24) is 9.79 Å². The van der Waals surface area contributed by atoms with E-state index in [4.69, 9.17) is 4.84 Å². The maximum Gasteiger partial charge on any atom is 0.243 e. The molecule has 1 fully saturated rings. The highest BCUT2D eigenvalue weighted by Gasteiger charge is 2.39. The van der Waals surface area contributed by atoms with E-state index in [1.165, 1.54) is 16.4 Å². The van der Waals surface area contributed by atoms with Gasteiger partial charge in [-0.15, -0.1) is 0 Å². The molecule has 2 aliphatic heterocycles. The standard InChI is InChI=1S/C13H15FN2O3S/c14-11-1-3-12(4-2-11)20(17,18)16-9-6-13(7-10-16)5-8-15-19-13/h1-5,8,15H,6-7,9-10H2. The van der Waals surface area contributed by atoms with E-state index < -0.39 is 21.4 Å². The molecule has 3 rings (SSSR count). The van der Waals surface area contributed by atoms with Crippen LogP contribution in [0.4, 0.5) is 4.39 Å². The first-order valence-corrected chi connectivity index (χ1v) is 7.83. The first-order valence-electron chi connectivity index (χ1n) is 6.39. The van der Waals surface area contributed by atoms with E-state index in [1.807, 2.05) is 6.08 Å². The first-order chi connectivity index (χ1) is 9.52. The van der Waals surface area contributed by atoms with Crippen molar-refractivity contribution in [2.24, 2.45) is 0 Å². The lowest BCUT2D eigenvalue weighted by molar-refractivity contribution is -0.0625. The van der Waals surface area contributed by atoms with Crippen LogP contribution in [0.25, 0.3) is 0 Å². The zero-order valence-electron chi connectivity index (χ0n) is 10.8. The Labute approximate surface area is 117 Å². The Morgan fingerprint density at radius 2 is 1.85 bits per heavy atom. The molecule has 1 aromatic carbocycles. The smallest absolute Gasteiger partial charge is 0.243 e. The zero-order valence-corrected chi connectivity index (χ0v) is 11.6. The minimum absolute atomic E-state index is 0.121. The largest absolute Gasteiger partial charge is 0.274 e. The van der Waals surface area contributed by atoms with Gasteiger partial charge in [0.2, 0.25) is 10.0 Å². The highest BCUT2D eigenvalue weighted by molar-refractivity contribution is 7.89. The fourth-order valence-corrected chi connectivity index (χ4v) is 3.94. The molecule has 1 saturated heterocycles. The summed E-state index contributed by atoms with van der Waals surface area (Å²) >= 11 is 0. The van der Waals surface area contributed by atoms with Crippen LogP contribution < -0.4 is 5.48 Å². The zero-order chi connectivity index (χ0) is 14.2. The maximum absolute atomic E-state index is 12.9. The monoisotopic (exact) mass is 298 g/mol. The van der Waals surface area contributed by atoms with Crippen LogP contribution >= 0.6 is 0 Å². The lowest BCUT2D eigenvalue weighted by Crippen LogP contribution is -2.46. The molecule has 0 atom stereocenters. The summed E-state index contributed by atoms with van der Waals surface area (Å²) in [6, 6.07) is 4.90. The molecule has 0 amide bonds. The van der Waals surface area contributed by atoms with E-state index in [0.29, 0.717) is 25.9 Å². The van der Waals surface area contributed by atoms with Crippen LogP contribution in [-0.2, 0) is 14.9 Å². The van der Waals surface area contributed by atoms with Gasteiger partial charge in [0.15, 0.2) is 0 Å². The highest BCUT2D eigenvalue weighted by Crippen LogP contribution is 2.31. The van der Waals surface area contributed by atoms with Gasteiger partial charge in [-0.05, 0) is 43.2 Å². The molecular weight excluding hydrogens is 283 g/mol. The second-order valence-electron chi connectivity index (χ2n) is 4.98. The van der Waals surface area contributed by atoms with Gasteiger partial charge in [-0.3, -0.25) is 10.3 Å².